The van der Waals surface area contributed by atoms with Gasteiger partial charge < -0.3 is 10.6 Å². The molecular weight excluding hydrogens is 325 g/mol. The average Bonchev–Trinajstić information content (AvgIpc) is 2.48. The van der Waals surface area contributed by atoms with Gasteiger partial charge in [-0.2, -0.15) is 24.9 Å². The third-order valence-corrected chi connectivity index (χ3v) is 4.47. The molecule has 1 fully saturated rings. The summed E-state index contributed by atoms with van der Waals surface area (Å²) in [6.45, 7) is 4.76. The van der Waals surface area contributed by atoms with Gasteiger partial charge in [0.05, 0.1) is 6.54 Å². The van der Waals surface area contributed by atoms with Crippen LogP contribution in [0, 0.1) is 5.92 Å². The van der Waals surface area contributed by atoms with E-state index in [0.717, 1.165) is 50.6 Å². The van der Waals surface area contributed by atoms with Crippen LogP contribution in [0.5, 0.6) is 0 Å². The van der Waals surface area contributed by atoms with Crippen molar-refractivity contribution in [1.82, 2.24) is 15.5 Å². The molecule has 23 heavy (non-hydrogen) atoms. The SMILES string of the molecule is CCNC(=NCCC1CCN(CC(F)(F)F)CC1)NCCSC. The van der Waals surface area contributed by atoms with Gasteiger partial charge in [-0.25, -0.2) is 0 Å². The van der Waals surface area contributed by atoms with Crippen LogP contribution in [0.3, 0.4) is 0 Å². The van der Waals surface area contributed by atoms with E-state index < -0.39 is 12.7 Å². The van der Waals surface area contributed by atoms with E-state index in [2.05, 4.69) is 21.9 Å². The summed E-state index contributed by atoms with van der Waals surface area (Å²) in [6.07, 6.45) is 0.597. The Bertz CT molecular complexity index is 342. The van der Waals surface area contributed by atoms with E-state index in [1.165, 1.54) is 4.90 Å². The molecule has 0 aliphatic carbocycles. The Balaban J connectivity index is 2.25. The standard InChI is InChI=1S/C15H29F3N4S/c1-3-19-14(21-8-11-23-2)20-7-4-13-5-9-22(10-6-13)12-15(16,17)18/h13H,3-12H2,1-2H3,(H2,19,20,21). The number of nitrogens with one attached hydrogen (secondary N) is 2. The first-order chi connectivity index (χ1) is 10.9. The third kappa shape index (κ3) is 9.96. The summed E-state index contributed by atoms with van der Waals surface area (Å²) in [5.74, 6) is 2.34. The van der Waals surface area contributed by atoms with E-state index in [4.69, 9.17) is 0 Å². The molecule has 4 nitrogen and oxygen atoms in total. The molecule has 0 spiro atoms. The van der Waals surface area contributed by atoms with Crippen LogP contribution < -0.4 is 10.6 Å². The van der Waals surface area contributed by atoms with Gasteiger partial charge in [0.15, 0.2) is 5.96 Å². The molecule has 136 valence electrons. The highest BCUT2D eigenvalue weighted by atomic mass is 32.2. The third-order valence-electron chi connectivity index (χ3n) is 3.86. The number of guanidine groups is 1. The van der Waals surface area contributed by atoms with Crippen molar-refractivity contribution in [2.24, 2.45) is 10.9 Å². The maximum Gasteiger partial charge on any atom is 0.401 e. The van der Waals surface area contributed by atoms with Gasteiger partial charge in [0.25, 0.3) is 0 Å². The van der Waals surface area contributed by atoms with Gasteiger partial charge in [0.1, 0.15) is 0 Å². The van der Waals surface area contributed by atoms with Gasteiger partial charge in [0.2, 0.25) is 0 Å². The van der Waals surface area contributed by atoms with Crippen molar-refractivity contribution < 1.29 is 13.2 Å². The lowest BCUT2D eigenvalue weighted by atomic mass is 9.93. The van der Waals surface area contributed by atoms with Gasteiger partial charge in [-0.15, -0.1) is 0 Å². The highest BCUT2D eigenvalue weighted by Gasteiger charge is 2.32. The largest absolute Gasteiger partial charge is 0.401 e. The number of aliphatic imine (C=N–C) groups is 1. The maximum absolute atomic E-state index is 12.4. The van der Waals surface area contributed by atoms with Gasteiger partial charge >= 0.3 is 6.18 Å². The summed E-state index contributed by atoms with van der Waals surface area (Å²) in [7, 11) is 0. The monoisotopic (exact) mass is 354 g/mol. The lowest BCUT2D eigenvalue weighted by Gasteiger charge is -2.32. The molecule has 0 amide bonds. The number of halogens is 3. The van der Waals surface area contributed by atoms with Crippen LogP contribution in [0.2, 0.25) is 0 Å². The van der Waals surface area contributed by atoms with Crippen molar-refractivity contribution in [2.75, 3.05) is 51.3 Å². The highest BCUT2D eigenvalue weighted by Crippen LogP contribution is 2.24. The molecule has 0 bridgehead atoms. The minimum absolute atomic E-state index is 0.484. The first-order valence-corrected chi connectivity index (χ1v) is 9.64. The molecule has 0 atom stereocenters. The van der Waals surface area contributed by atoms with Crippen molar-refractivity contribution in [1.29, 1.82) is 0 Å². The Hall–Kier alpha value is -0.630. The van der Waals surface area contributed by atoms with Crippen molar-refractivity contribution in [3.63, 3.8) is 0 Å². The van der Waals surface area contributed by atoms with Crippen molar-refractivity contribution in [3.8, 4) is 0 Å². The van der Waals surface area contributed by atoms with E-state index in [0.29, 0.717) is 19.0 Å². The van der Waals surface area contributed by atoms with Gasteiger partial charge in [-0.3, -0.25) is 9.89 Å². The van der Waals surface area contributed by atoms with Crippen LogP contribution in [-0.2, 0) is 0 Å². The summed E-state index contributed by atoms with van der Waals surface area (Å²) in [6, 6.07) is 0. The molecule has 1 saturated heterocycles. The molecule has 0 saturated carbocycles. The number of alkyl halides is 3. The molecular formula is C15H29F3N4S. The predicted octanol–water partition coefficient (Wildman–Crippen LogP) is 2.57. The summed E-state index contributed by atoms with van der Waals surface area (Å²) in [4.78, 5) is 6.06. The number of likely N-dealkylation sites (tertiary alicyclic amines) is 1. The number of thioether (sulfide) groups is 1. The first kappa shape index (κ1) is 20.4. The lowest BCUT2D eigenvalue weighted by molar-refractivity contribution is -0.148. The fraction of sp³-hybridized carbons (Fsp3) is 0.933. The Kier molecular flexibility index (Phi) is 9.78. The van der Waals surface area contributed by atoms with E-state index >= 15 is 0 Å². The Morgan fingerprint density at radius 3 is 2.52 bits per heavy atom. The van der Waals surface area contributed by atoms with Crippen LogP contribution in [0.4, 0.5) is 13.2 Å². The van der Waals surface area contributed by atoms with E-state index in [9.17, 15) is 13.2 Å². The molecule has 0 aromatic heterocycles. The normalized spacial score (nSPS) is 18.2. The minimum Gasteiger partial charge on any atom is -0.357 e. The zero-order valence-corrected chi connectivity index (χ0v) is 14.9. The first-order valence-electron chi connectivity index (χ1n) is 8.24. The summed E-state index contributed by atoms with van der Waals surface area (Å²) in [5, 5.41) is 6.49. The zero-order valence-electron chi connectivity index (χ0n) is 14.1. The number of nitrogens with zero attached hydrogens (tertiary/aromatic N) is 2. The molecule has 1 aliphatic rings. The highest BCUT2D eigenvalue weighted by molar-refractivity contribution is 7.98. The second-order valence-electron chi connectivity index (χ2n) is 5.80. The number of rotatable bonds is 8. The number of piperidine rings is 1. The molecule has 1 rings (SSSR count). The number of hydrogen-bond acceptors (Lipinski definition) is 3. The molecule has 0 unspecified atom stereocenters. The van der Waals surface area contributed by atoms with Gasteiger partial charge in [-0.1, -0.05) is 0 Å². The van der Waals surface area contributed by atoms with E-state index in [-0.39, 0.29) is 0 Å². The van der Waals surface area contributed by atoms with Crippen molar-refractivity contribution in [2.45, 2.75) is 32.4 Å². The van der Waals surface area contributed by atoms with Crippen LogP contribution in [0.1, 0.15) is 26.2 Å². The lowest BCUT2D eigenvalue weighted by Crippen LogP contribution is -2.40. The second kappa shape index (κ2) is 11.0. The van der Waals surface area contributed by atoms with Crippen molar-refractivity contribution >= 4 is 17.7 Å². The smallest absolute Gasteiger partial charge is 0.357 e. The predicted molar refractivity (Wildman–Crippen MR) is 92.2 cm³/mol. The molecule has 2 N–H and O–H groups in total. The average molecular weight is 354 g/mol. The molecule has 1 aliphatic heterocycles. The van der Waals surface area contributed by atoms with Crippen LogP contribution in [0.25, 0.3) is 0 Å². The molecule has 8 heteroatoms. The maximum atomic E-state index is 12.4. The fourth-order valence-electron chi connectivity index (χ4n) is 2.66. The Morgan fingerprint density at radius 1 is 1.26 bits per heavy atom. The molecule has 0 radical (unpaired) electrons. The minimum atomic E-state index is -4.08. The van der Waals surface area contributed by atoms with Crippen LogP contribution in [-0.4, -0.2) is 68.3 Å². The van der Waals surface area contributed by atoms with Crippen LogP contribution in [0.15, 0.2) is 4.99 Å². The van der Waals surface area contributed by atoms with Gasteiger partial charge in [-0.05, 0) is 51.4 Å². The molecule has 0 aromatic rings. The Morgan fingerprint density at radius 2 is 1.96 bits per heavy atom. The quantitative estimate of drug-likeness (QED) is 0.399. The van der Waals surface area contributed by atoms with E-state index in [1.54, 1.807) is 11.8 Å². The molecule has 0 aromatic carbocycles. The zero-order chi connectivity index (χ0) is 17.1. The molecule has 1 heterocycles. The number of hydrogen-bond donors (Lipinski definition) is 2. The van der Waals surface area contributed by atoms with E-state index in [1.807, 2.05) is 6.92 Å². The second-order valence-corrected chi connectivity index (χ2v) is 6.79. The fourth-order valence-corrected chi connectivity index (χ4v) is 2.97. The summed E-state index contributed by atoms with van der Waals surface area (Å²) in [5.41, 5.74) is 0. The summed E-state index contributed by atoms with van der Waals surface area (Å²) < 4.78 is 37.1. The summed E-state index contributed by atoms with van der Waals surface area (Å²) >= 11 is 1.78. The van der Waals surface area contributed by atoms with Gasteiger partial charge in [0, 0.05) is 25.4 Å². The van der Waals surface area contributed by atoms with Crippen LogP contribution >= 0.6 is 11.8 Å². The van der Waals surface area contributed by atoms with Crippen molar-refractivity contribution in [3.05, 3.63) is 0 Å². The topological polar surface area (TPSA) is 39.7 Å². The Labute approximate surface area is 141 Å².